The van der Waals surface area contributed by atoms with Crippen molar-refractivity contribution in [1.29, 1.82) is 5.26 Å². The van der Waals surface area contributed by atoms with Crippen LogP contribution in [0.2, 0.25) is 0 Å². The van der Waals surface area contributed by atoms with Crippen LogP contribution < -0.4 is 5.32 Å². The molecule has 1 aromatic carbocycles. The van der Waals surface area contributed by atoms with Crippen molar-refractivity contribution >= 4 is 27.5 Å². The predicted molar refractivity (Wildman–Crippen MR) is 109 cm³/mol. The Morgan fingerprint density at radius 2 is 2.10 bits per heavy atom. The second kappa shape index (κ2) is 7.31. The zero-order valence-corrected chi connectivity index (χ0v) is 16.6. The molecule has 0 unspecified atom stereocenters. The molecule has 0 radical (unpaired) electrons. The van der Waals surface area contributed by atoms with Gasteiger partial charge < -0.3 is 9.73 Å². The highest BCUT2D eigenvalue weighted by Gasteiger charge is 2.44. The van der Waals surface area contributed by atoms with Crippen LogP contribution in [-0.4, -0.2) is 31.6 Å². The van der Waals surface area contributed by atoms with Gasteiger partial charge in [-0.2, -0.15) is 5.26 Å². The lowest BCUT2D eigenvalue weighted by atomic mass is 10.1. The Bertz CT molecular complexity index is 1270. The number of benzene rings is 1. The van der Waals surface area contributed by atoms with Crippen LogP contribution in [0.15, 0.2) is 47.1 Å². The van der Waals surface area contributed by atoms with Crippen molar-refractivity contribution < 1.29 is 9.21 Å². The molecule has 4 aromatic rings. The van der Waals surface area contributed by atoms with E-state index in [9.17, 15) is 4.79 Å². The molecule has 8 nitrogen and oxygen atoms in total. The average Bonchev–Trinajstić information content (AvgIpc) is 3.20. The number of thiazole rings is 1. The third-order valence-corrected chi connectivity index (χ3v) is 5.91. The van der Waals surface area contributed by atoms with Crippen LogP contribution in [0.5, 0.6) is 0 Å². The summed E-state index contributed by atoms with van der Waals surface area (Å²) in [5, 5.41) is 20.6. The number of hydrogen-bond acceptors (Lipinski definition) is 8. The smallest absolute Gasteiger partial charge is 0.230 e. The Hall–Kier alpha value is -3.64. The number of pyridine rings is 1. The third-order valence-electron chi connectivity index (χ3n) is 4.89. The van der Waals surface area contributed by atoms with E-state index in [-0.39, 0.29) is 18.2 Å². The molecule has 0 saturated heterocycles. The molecule has 30 heavy (non-hydrogen) atoms. The van der Waals surface area contributed by atoms with Crippen molar-refractivity contribution in [2.24, 2.45) is 0 Å². The van der Waals surface area contributed by atoms with Gasteiger partial charge in [0.1, 0.15) is 17.0 Å². The van der Waals surface area contributed by atoms with E-state index in [0.29, 0.717) is 25.2 Å². The standard InChI is InChI=1S/C21H16N6O2S/c22-12-21(5-6-21)25-17(28)9-18-26-27-19(29-18)10-20-24-15-4-3-13(8-16(15)30-20)14-2-1-7-23-11-14/h1-4,7-8,11H,5-6,9-10H2,(H,25,28). The van der Waals surface area contributed by atoms with Crippen LogP contribution in [-0.2, 0) is 17.6 Å². The summed E-state index contributed by atoms with van der Waals surface area (Å²) >= 11 is 1.57. The van der Waals surface area contributed by atoms with Gasteiger partial charge in [0.15, 0.2) is 0 Å². The highest BCUT2D eigenvalue weighted by molar-refractivity contribution is 7.18. The van der Waals surface area contributed by atoms with Crippen molar-refractivity contribution in [3.05, 3.63) is 59.5 Å². The number of nitrogens with zero attached hydrogens (tertiary/aromatic N) is 5. The zero-order valence-electron chi connectivity index (χ0n) is 15.8. The molecule has 1 N–H and O–H groups in total. The first-order chi connectivity index (χ1) is 14.6. The van der Waals surface area contributed by atoms with E-state index in [1.165, 1.54) is 0 Å². The lowest BCUT2D eigenvalue weighted by Gasteiger charge is -2.06. The number of rotatable bonds is 6. The minimum Gasteiger partial charge on any atom is -0.424 e. The van der Waals surface area contributed by atoms with Crippen molar-refractivity contribution in [3.8, 4) is 17.2 Å². The normalized spacial score (nSPS) is 14.4. The fraction of sp³-hybridized carbons (Fsp3) is 0.238. The van der Waals surface area contributed by atoms with Crippen LogP contribution in [0.25, 0.3) is 21.3 Å². The molecule has 3 heterocycles. The molecular weight excluding hydrogens is 400 g/mol. The number of nitriles is 1. The van der Waals surface area contributed by atoms with E-state index >= 15 is 0 Å². The van der Waals surface area contributed by atoms with Gasteiger partial charge in [0, 0.05) is 18.0 Å². The topological polar surface area (TPSA) is 118 Å². The molecule has 1 aliphatic carbocycles. The first kappa shape index (κ1) is 18.4. The van der Waals surface area contributed by atoms with Crippen molar-refractivity contribution in [2.75, 3.05) is 0 Å². The first-order valence-corrected chi connectivity index (χ1v) is 10.3. The largest absolute Gasteiger partial charge is 0.424 e. The number of nitrogens with one attached hydrogen (secondary N) is 1. The van der Waals surface area contributed by atoms with E-state index < -0.39 is 5.54 Å². The van der Waals surface area contributed by atoms with Gasteiger partial charge in [-0.1, -0.05) is 12.1 Å². The minimum absolute atomic E-state index is 0.0370. The Morgan fingerprint density at radius 1 is 1.23 bits per heavy atom. The van der Waals surface area contributed by atoms with Crippen LogP contribution in [0.3, 0.4) is 0 Å². The first-order valence-electron chi connectivity index (χ1n) is 9.46. The summed E-state index contributed by atoms with van der Waals surface area (Å²) < 4.78 is 6.67. The summed E-state index contributed by atoms with van der Waals surface area (Å²) in [5.41, 5.74) is 2.35. The number of hydrogen-bond donors (Lipinski definition) is 1. The summed E-state index contributed by atoms with van der Waals surface area (Å²) in [5.74, 6) is 0.356. The van der Waals surface area contributed by atoms with E-state index in [1.54, 1.807) is 17.5 Å². The monoisotopic (exact) mass is 416 g/mol. The number of aromatic nitrogens is 4. The van der Waals surface area contributed by atoms with Crippen molar-refractivity contribution in [3.63, 3.8) is 0 Å². The quantitative estimate of drug-likeness (QED) is 0.513. The second-order valence-corrected chi connectivity index (χ2v) is 8.33. The fourth-order valence-electron chi connectivity index (χ4n) is 3.16. The van der Waals surface area contributed by atoms with Gasteiger partial charge in [0.25, 0.3) is 0 Å². The molecule has 5 rings (SSSR count). The average molecular weight is 416 g/mol. The van der Waals surface area contributed by atoms with Gasteiger partial charge in [0.2, 0.25) is 17.7 Å². The molecule has 1 aliphatic rings. The maximum absolute atomic E-state index is 12.1. The number of carbonyl (C=O) groups is 1. The van der Waals surface area contributed by atoms with E-state index in [0.717, 1.165) is 26.4 Å². The summed E-state index contributed by atoms with van der Waals surface area (Å²) in [4.78, 5) is 20.9. The molecule has 1 amide bonds. The van der Waals surface area contributed by atoms with E-state index in [4.69, 9.17) is 9.68 Å². The van der Waals surface area contributed by atoms with Crippen LogP contribution in [0.1, 0.15) is 29.6 Å². The molecular formula is C21H16N6O2S. The van der Waals surface area contributed by atoms with Crippen molar-refractivity contribution in [2.45, 2.75) is 31.2 Å². The number of fused-ring (bicyclic) bond motifs is 1. The summed E-state index contributed by atoms with van der Waals surface area (Å²) in [6.45, 7) is 0. The SMILES string of the molecule is N#CC1(NC(=O)Cc2nnc(Cc3nc4ccc(-c5cccnc5)cc4s3)o2)CC1. The molecule has 0 atom stereocenters. The van der Waals surface area contributed by atoms with Crippen LogP contribution in [0.4, 0.5) is 0 Å². The minimum atomic E-state index is -0.699. The van der Waals surface area contributed by atoms with Crippen LogP contribution in [0, 0.1) is 11.3 Å². The summed E-state index contributed by atoms with van der Waals surface area (Å²) in [7, 11) is 0. The van der Waals surface area contributed by atoms with Gasteiger partial charge in [-0.05, 0) is 36.6 Å². The highest BCUT2D eigenvalue weighted by Crippen LogP contribution is 2.34. The molecule has 0 bridgehead atoms. The summed E-state index contributed by atoms with van der Waals surface area (Å²) in [6, 6.07) is 12.2. The Balaban J connectivity index is 1.28. The van der Waals surface area contributed by atoms with Gasteiger partial charge in [-0.25, -0.2) is 4.98 Å². The Kier molecular flexibility index (Phi) is 4.48. The molecule has 148 valence electrons. The predicted octanol–water partition coefficient (Wildman–Crippen LogP) is 3.05. The molecule has 3 aromatic heterocycles. The van der Waals surface area contributed by atoms with E-state index in [1.807, 2.05) is 30.5 Å². The van der Waals surface area contributed by atoms with Gasteiger partial charge in [0.05, 0.1) is 22.7 Å². The van der Waals surface area contributed by atoms with E-state index in [2.05, 4.69) is 37.6 Å². The van der Waals surface area contributed by atoms with Gasteiger partial charge in [-0.3, -0.25) is 9.78 Å². The summed E-state index contributed by atoms with van der Waals surface area (Å²) in [6.07, 6.45) is 5.32. The fourth-order valence-corrected chi connectivity index (χ4v) is 4.16. The second-order valence-electron chi connectivity index (χ2n) is 7.22. The van der Waals surface area contributed by atoms with Gasteiger partial charge >= 0.3 is 0 Å². The molecule has 0 spiro atoms. The molecule has 1 saturated carbocycles. The van der Waals surface area contributed by atoms with Crippen molar-refractivity contribution in [1.82, 2.24) is 25.5 Å². The highest BCUT2D eigenvalue weighted by atomic mass is 32.1. The Labute approximate surface area is 175 Å². The van der Waals surface area contributed by atoms with Crippen LogP contribution >= 0.6 is 11.3 Å². The molecule has 1 fully saturated rings. The maximum Gasteiger partial charge on any atom is 0.230 e. The number of amides is 1. The lowest BCUT2D eigenvalue weighted by molar-refractivity contribution is -0.121. The maximum atomic E-state index is 12.1. The molecule has 9 heteroatoms. The lowest BCUT2D eigenvalue weighted by Crippen LogP contribution is -2.36. The Morgan fingerprint density at radius 3 is 2.87 bits per heavy atom. The number of carbonyl (C=O) groups excluding carboxylic acids is 1. The van der Waals surface area contributed by atoms with Gasteiger partial charge in [-0.15, -0.1) is 21.5 Å². The molecule has 0 aliphatic heterocycles. The zero-order chi connectivity index (χ0) is 20.6. The third kappa shape index (κ3) is 3.77.